The highest BCUT2D eigenvalue weighted by Crippen LogP contribution is 2.34. The summed E-state index contributed by atoms with van der Waals surface area (Å²) >= 11 is 6.30. The minimum absolute atomic E-state index is 0.286. The van der Waals surface area contributed by atoms with Gasteiger partial charge in [-0.25, -0.2) is 9.78 Å². The van der Waals surface area contributed by atoms with E-state index in [2.05, 4.69) is 27.3 Å². The summed E-state index contributed by atoms with van der Waals surface area (Å²) in [5, 5.41) is 9.53. The van der Waals surface area contributed by atoms with E-state index in [1.54, 1.807) is 13.3 Å². The second-order valence-electron chi connectivity index (χ2n) is 6.98. The van der Waals surface area contributed by atoms with Crippen LogP contribution in [0.3, 0.4) is 0 Å². The average Bonchev–Trinajstić information content (AvgIpc) is 3.31. The number of ether oxygens (including phenoxy) is 1. The smallest absolute Gasteiger partial charge is 0.358 e. The third-order valence-electron chi connectivity index (χ3n) is 5.13. The van der Waals surface area contributed by atoms with Crippen LogP contribution in [0.1, 0.15) is 34.5 Å². The summed E-state index contributed by atoms with van der Waals surface area (Å²) in [6.07, 6.45) is 2.26. The molecule has 0 unspecified atom stereocenters. The average molecular weight is 420 g/mol. The number of carbonyl (C=O) groups is 1. The van der Waals surface area contributed by atoms with E-state index in [9.17, 15) is 4.79 Å². The number of imidazole rings is 1. The molecule has 0 spiro atoms. The van der Waals surface area contributed by atoms with Crippen molar-refractivity contribution in [2.45, 2.75) is 19.9 Å². The number of esters is 1. The molecule has 0 bridgehead atoms. The summed E-state index contributed by atoms with van der Waals surface area (Å²) in [5.74, 6) is 1.06. The first-order valence-corrected chi connectivity index (χ1v) is 10.0. The lowest BCUT2D eigenvalue weighted by Crippen LogP contribution is -2.13. The van der Waals surface area contributed by atoms with Crippen molar-refractivity contribution in [1.82, 2.24) is 24.3 Å². The fraction of sp³-hybridized carbons (Fsp3) is 0.182. The van der Waals surface area contributed by atoms with Crippen LogP contribution < -0.4 is 0 Å². The van der Waals surface area contributed by atoms with Gasteiger partial charge in [0.25, 0.3) is 0 Å². The summed E-state index contributed by atoms with van der Waals surface area (Å²) in [7, 11) is 0. The number of hydrogen-bond donors (Lipinski definition) is 0. The van der Waals surface area contributed by atoms with Crippen LogP contribution in [0.5, 0.6) is 0 Å². The minimum atomic E-state index is -0.442. The van der Waals surface area contributed by atoms with E-state index in [4.69, 9.17) is 16.3 Å². The summed E-state index contributed by atoms with van der Waals surface area (Å²) in [6, 6.07) is 15.7. The number of carbonyl (C=O) groups excluding carboxylic acids is 1. The zero-order chi connectivity index (χ0) is 20.7. The highest BCUT2D eigenvalue weighted by molar-refractivity contribution is 6.31. The Hall–Kier alpha value is -3.45. The molecule has 8 heteroatoms. The predicted molar refractivity (Wildman–Crippen MR) is 112 cm³/mol. The van der Waals surface area contributed by atoms with Gasteiger partial charge in [-0.1, -0.05) is 41.9 Å². The van der Waals surface area contributed by atoms with Crippen molar-refractivity contribution in [2.75, 3.05) is 6.61 Å². The summed E-state index contributed by atoms with van der Waals surface area (Å²) < 4.78 is 9.14. The van der Waals surface area contributed by atoms with Crippen LogP contribution in [0.2, 0.25) is 5.02 Å². The van der Waals surface area contributed by atoms with Crippen molar-refractivity contribution in [3.63, 3.8) is 0 Å². The Bertz CT molecular complexity index is 1250. The molecule has 4 aromatic rings. The minimum Gasteiger partial charge on any atom is -0.461 e. The maximum atomic E-state index is 12.5. The van der Waals surface area contributed by atoms with Crippen LogP contribution in [0, 0.1) is 0 Å². The molecule has 1 aliphatic heterocycles. The molecule has 0 amide bonds. The zero-order valence-electron chi connectivity index (χ0n) is 16.2. The normalized spacial score (nSPS) is 11.9. The van der Waals surface area contributed by atoms with E-state index in [1.807, 2.05) is 45.5 Å². The van der Waals surface area contributed by atoms with E-state index >= 15 is 0 Å². The van der Waals surface area contributed by atoms with Gasteiger partial charge in [0, 0.05) is 17.0 Å². The summed E-state index contributed by atoms with van der Waals surface area (Å²) in [5.41, 5.74) is 3.83. The Morgan fingerprint density at radius 2 is 2.00 bits per heavy atom. The third-order valence-corrected chi connectivity index (χ3v) is 5.37. The van der Waals surface area contributed by atoms with Gasteiger partial charge >= 0.3 is 5.97 Å². The van der Waals surface area contributed by atoms with Gasteiger partial charge in [-0.2, -0.15) is 0 Å². The quantitative estimate of drug-likeness (QED) is 0.413. The van der Waals surface area contributed by atoms with Gasteiger partial charge in [-0.05, 0) is 30.7 Å². The Morgan fingerprint density at radius 3 is 2.80 bits per heavy atom. The molecular weight excluding hydrogens is 402 g/mol. The monoisotopic (exact) mass is 419 g/mol. The van der Waals surface area contributed by atoms with Gasteiger partial charge in [0.2, 0.25) is 0 Å². The molecule has 0 atom stereocenters. The highest BCUT2D eigenvalue weighted by Gasteiger charge is 2.28. The van der Waals surface area contributed by atoms with Crippen LogP contribution in [0.4, 0.5) is 0 Å². The first-order valence-electron chi connectivity index (χ1n) is 9.65. The fourth-order valence-corrected chi connectivity index (χ4v) is 3.93. The molecule has 0 N–H and O–H groups in total. The van der Waals surface area contributed by atoms with Crippen molar-refractivity contribution < 1.29 is 9.53 Å². The van der Waals surface area contributed by atoms with Gasteiger partial charge < -0.3 is 9.30 Å². The van der Waals surface area contributed by atoms with Crippen molar-refractivity contribution >= 4 is 17.6 Å². The maximum absolute atomic E-state index is 12.5. The lowest BCUT2D eigenvalue weighted by molar-refractivity contribution is 0.0518. The van der Waals surface area contributed by atoms with Gasteiger partial charge in [-0.15, -0.1) is 10.2 Å². The molecule has 0 saturated carbocycles. The van der Waals surface area contributed by atoms with E-state index in [-0.39, 0.29) is 6.61 Å². The van der Waals surface area contributed by atoms with E-state index in [1.165, 1.54) is 0 Å². The van der Waals surface area contributed by atoms with Crippen LogP contribution in [0.15, 0.2) is 54.9 Å². The maximum Gasteiger partial charge on any atom is 0.358 e. The fourth-order valence-electron chi connectivity index (χ4n) is 3.76. The number of benzene rings is 2. The molecule has 0 radical (unpaired) electrons. The molecular formula is C22H18ClN5O2. The van der Waals surface area contributed by atoms with Gasteiger partial charge in [0.15, 0.2) is 11.5 Å². The van der Waals surface area contributed by atoms with Gasteiger partial charge in [0.05, 0.1) is 24.5 Å². The topological polar surface area (TPSA) is 74.8 Å². The van der Waals surface area contributed by atoms with Crippen molar-refractivity contribution in [3.05, 3.63) is 82.7 Å². The Morgan fingerprint density at radius 1 is 1.17 bits per heavy atom. The zero-order valence-corrected chi connectivity index (χ0v) is 17.0. The van der Waals surface area contributed by atoms with Crippen molar-refractivity contribution in [2.24, 2.45) is 0 Å². The molecule has 2 aromatic carbocycles. The van der Waals surface area contributed by atoms with E-state index in [0.29, 0.717) is 29.5 Å². The lowest BCUT2D eigenvalue weighted by Gasteiger charge is -2.09. The molecule has 0 fully saturated rings. The van der Waals surface area contributed by atoms with Crippen molar-refractivity contribution in [1.29, 1.82) is 0 Å². The van der Waals surface area contributed by atoms with Crippen LogP contribution >= 0.6 is 11.6 Å². The first-order chi connectivity index (χ1) is 14.7. The summed E-state index contributed by atoms with van der Waals surface area (Å²) in [4.78, 5) is 16.9. The Kier molecular flexibility index (Phi) is 4.59. The number of hydrogen-bond acceptors (Lipinski definition) is 5. The molecule has 1 aliphatic rings. The highest BCUT2D eigenvalue weighted by atomic mass is 35.5. The lowest BCUT2D eigenvalue weighted by atomic mass is 10.1. The molecule has 0 saturated heterocycles. The molecule has 3 heterocycles. The molecule has 30 heavy (non-hydrogen) atoms. The Labute approximate surface area is 177 Å². The predicted octanol–water partition coefficient (Wildman–Crippen LogP) is 3.91. The molecule has 5 rings (SSSR count). The van der Waals surface area contributed by atoms with Crippen LogP contribution in [0.25, 0.3) is 17.1 Å². The molecule has 7 nitrogen and oxygen atoms in total. The molecule has 2 aromatic heterocycles. The first kappa shape index (κ1) is 18.6. The largest absolute Gasteiger partial charge is 0.461 e. The number of halogens is 1. The number of fused-ring (bicyclic) bond motifs is 5. The van der Waals surface area contributed by atoms with Gasteiger partial charge in [-0.3, -0.25) is 4.57 Å². The Balaban J connectivity index is 1.69. The van der Waals surface area contributed by atoms with Crippen molar-refractivity contribution in [3.8, 4) is 17.1 Å². The van der Waals surface area contributed by atoms with Crippen LogP contribution in [-0.2, 0) is 17.7 Å². The van der Waals surface area contributed by atoms with E-state index < -0.39 is 5.97 Å². The molecule has 150 valence electrons. The van der Waals surface area contributed by atoms with Gasteiger partial charge in [0.1, 0.15) is 12.2 Å². The molecule has 0 aliphatic carbocycles. The summed E-state index contributed by atoms with van der Waals surface area (Å²) in [6.45, 7) is 2.46. The standard InChI is InChI=1S/C22H18ClN5O2/c1-2-30-22(29)20-18-12-27-19(10-14-6-4-3-5-7-14)25-26-21(27)16-11-15(23)8-9-17(16)28(18)13-24-20/h3-9,11,13H,2,10,12H2,1H3. The SMILES string of the molecule is CCOC(=O)c1ncn2c1Cn1c(Cc3ccccc3)nnc1-c1cc(Cl)ccc1-2. The number of aromatic nitrogens is 5. The number of nitrogens with zero attached hydrogens (tertiary/aromatic N) is 5. The third kappa shape index (κ3) is 3.07. The van der Waals surface area contributed by atoms with E-state index in [0.717, 1.165) is 28.3 Å². The van der Waals surface area contributed by atoms with Crippen LogP contribution in [-0.4, -0.2) is 36.9 Å². The second kappa shape index (κ2) is 7.42. The second-order valence-corrected chi connectivity index (χ2v) is 7.42. The number of rotatable bonds is 4.